The van der Waals surface area contributed by atoms with Crippen molar-refractivity contribution in [1.82, 2.24) is 15.2 Å². The number of hydrogen-bond acceptors (Lipinski definition) is 6. The highest BCUT2D eigenvalue weighted by molar-refractivity contribution is 6.01. The largest absolute Gasteiger partial charge is 0.465 e. The number of nitrogens with zero attached hydrogens (tertiary/aromatic N) is 2. The molecule has 2 aromatic heterocycles. The van der Waals surface area contributed by atoms with Gasteiger partial charge in [-0.3, -0.25) is 4.79 Å². The van der Waals surface area contributed by atoms with E-state index in [0.29, 0.717) is 17.8 Å². The van der Waals surface area contributed by atoms with Crippen molar-refractivity contribution in [2.24, 2.45) is 0 Å². The maximum absolute atomic E-state index is 13.1. The van der Waals surface area contributed by atoms with Crippen molar-refractivity contribution in [1.29, 1.82) is 0 Å². The topological polar surface area (TPSA) is 80.7 Å². The molecule has 0 radical (unpaired) electrons. The van der Waals surface area contributed by atoms with Gasteiger partial charge in [0.2, 0.25) is 0 Å². The Morgan fingerprint density at radius 1 is 1.44 bits per heavy atom. The van der Waals surface area contributed by atoms with Gasteiger partial charge in [-0.05, 0) is 37.3 Å². The number of methoxy groups -OCH3 is 1. The van der Waals surface area contributed by atoms with E-state index in [0.717, 1.165) is 17.0 Å². The van der Waals surface area contributed by atoms with Crippen LogP contribution in [-0.4, -0.2) is 41.7 Å². The molecule has 0 aromatic carbocycles. The van der Waals surface area contributed by atoms with Gasteiger partial charge in [-0.25, -0.2) is 4.98 Å². The molecule has 1 amide bonds. The number of carbonyl (C=O) groups is 1. The lowest BCUT2D eigenvalue weighted by Gasteiger charge is -2.45. The second-order valence-electron chi connectivity index (χ2n) is 6.77. The Morgan fingerprint density at radius 3 is 2.96 bits per heavy atom. The summed E-state index contributed by atoms with van der Waals surface area (Å²) in [6.07, 6.45) is 10.5. The molecule has 0 saturated carbocycles. The number of furan rings is 1. The van der Waals surface area contributed by atoms with Gasteiger partial charge in [0.15, 0.2) is 12.2 Å². The highest BCUT2D eigenvalue weighted by Crippen LogP contribution is 2.36. The van der Waals surface area contributed by atoms with Crippen molar-refractivity contribution in [3.05, 3.63) is 65.9 Å². The molecule has 0 saturated heterocycles. The Hall–Kier alpha value is -3.06. The number of nitrogens with one attached hydrogen (secondary N) is 1. The highest BCUT2D eigenvalue weighted by Gasteiger charge is 2.41. The lowest BCUT2D eigenvalue weighted by atomic mass is 9.88. The first-order valence-electron chi connectivity index (χ1n) is 8.67. The maximum Gasteiger partial charge on any atom is 0.257 e. The third-order valence-electron chi connectivity index (χ3n) is 5.11. The highest BCUT2D eigenvalue weighted by atomic mass is 16.5. The van der Waals surface area contributed by atoms with Crippen LogP contribution in [0.3, 0.4) is 0 Å². The van der Waals surface area contributed by atoms with Crippen LogP contribution < -0.4 is 5.32 Å². The molecule has 2 aromatic rings. The van der Waals surface area contributed by atoms with E-state index in [1.54, 1.807) is 31.5 Å². The second kappa shape index (κ2) is 6.59. The Balaban J connectivity index is 1.70. The fourth-order valence-electron chi connectivity index (χ4n) is 3.41. The van der Waals surface area contributed by atoms with E-state index in [-0.39, 0.29) is 12.0 Å². The number of aromatic nitrogens is 1. The Labute approximate surface area is 157 Å². The summed E-state index contributed by atoms with van der Waals surface area (Å²) >= 11 is 0. The molecule has 4 rings (SSSR count). The number of likely N-dealkylation sites (N-methyl/N-ethyl adjacent to an activating group) is 1. The van der Waals surface area contributed by atoms with E-state index < -0.39 is 5.66 Å². The molecule has 2 aliphatic rings. The number of oxazole rings is 1. The van der Waals surface area contributed by atoms with E-state index in [2.05, 4.69) is 10.3 Å². The van der Waals surface area contributed by atoms with Crippen molar-refractivity contribution >= 4 is 17.6 Å². The smallest absolute Gasteiger partial charge is 0.257 e. The molecule has 2 atom stereocenters. The third kappa shape index (κ3) is 3.00. The first-order valence-corrected chi connectivity index (χ1v) is 8.67. The van der Waals surface area contributed by atoms with Crippen LogP contribution in [0.2, 0.25) is 0 Å². The summed E-state index contributed by atoms with van der Waals surface area (Å²) < 4.78 is 16.4. The van der Waals surface area contributed by atoms with Gasteiger partial charge in [0.25, 0.3) is 5.91 Å². The summed E-state index contributed by atoms with van der Waals surface area (Å²) in [6.45, 7) is 1.95. The molecule has 1 aliphatic carbocycles. The quantitative estimate of drug-likeness (QED) is 0.895. The molecule has 2 unspecified atom stereocenters. The number of ether oxygens (including phenoxy) is 1. The zero-order valence-electron chi connectivity index (χ0n) is 15.4. The van der Waals surface area contributed by atoms with Gasteiger partial charge in [0.05, 0.1) is 24.1 Å². The number of rotatable bonds is 4. The minimum Gasteiger partial charge on any atom is -0.465 e. The molecule has 140 valence electrons. The van der Waals surface area contributed by atoms with Crippen LogP contribution >= 0.6 is 0 Å². The summed E-state index contributed by atoms with van der Waals surface area (Å²) in [5.41, 5.74) is 1.59. The Bertz CT molecular complexity index is 925. The molecule has 1 aliphatic heterocycles. The molecule has 7 nitrogen and oxygen atoms in total. The van der Waals surface area contributed by atoms with Crippen LogP contribution in [0.4, 0.5) is 0 Å². The van der Waals surface area contributed by atoms with Gasteiger partial charge >= 0.3 is 0 Å². The average molecular weight is 367 g/mol. The molecule has 0 spiro atoms. The van der Waals surface area contributed by atoms with Crippen molar-refractivity contribution < 1.29 is 18.4 Å². The first kappa shape index (κ1) is 17.4. The lowest BCUT2D eigenvalue weighted by molar-refractivity contribution is -0.131. The zero-order valence-corrected chi connectivity index (χ0v) is 15.4. The van der Waals surface area contributed by atoms with Crippen LogP contribution in [0.25, 0.3) is 11.6 Å². The fraction of sp³-hybridized carbons (Fsp3) is 0.300. The van der Waals surface area contributed by atoms with Gasteiger partial charge < -0.3 is 23.8 Å². The summed E-state index contributed by atoms with van der Waals surface area (Å²) in [7, 11) is 3.42. The summed E-state index contributed by atoms with van der Waals surface area (Å²) in [5.74, 6) is 1.27. The predicted molar refractivity (Wildman–Crippen MR) is 99.0 cm³/mol. The van der Waals surface area contributed by atoms with Crippen LogP contribution in [0.15, 0.2) is 63.2 Å². The van der Waals surface area contributed by atoms with E-state index >= 15 is 0 Å². The fourth-order valence-corrected chi connectivity index (χ4v) is 3.41. The van der Waals surface area contributed by atoms with Crippen LogP contribution in [0.1, 0.15) is 24.9 Å². The van der Waals surface area contributed by atoms with Crippen LogP contribution in [-0.2, 0) is 9.53 Å². The standard InChI is InChI=1S/C20H21N3O4/c1-20(7-6-13-5-4-8-26-13)22-16-10-17(25-3)15(18-11-21-12-27-18)9-14(16)19(24)23(20)2/h4-9,11-12,17,22H,10H2,1-3H3. The van der Waals surface area contributed by atoms with Gasteiger partial charge in [0.1, 0.15) is 11.4 Å². The number of carbonyl (C=O) groups excluding carboxylic acids is 1. The minimum atomic E-state index is -0.682. The Morgan fingerprint density at radius 2 is 2.30 bits per heavy atom. The minimum absolute atomic E-state index is 0.0677. The van der Waals surface area contributed by atoms with E-state index in [9.17, 15) is 4.79 Å². The summed E-state index contributed by atoms with van der Waals surface area (Å²) in [6, 6.07) is 3.69. The van der Waals surface area contributed by atoms with Crippen molar-refractivity contribution in [3.8, 4) is 0 Å². The summed E-state index contributed by atoms with van der Waals surface area (Å²) in [4.78, 5) is 18.7. The molecular weight excluding hydrogens is 346 g/mol. The van der Waals surface area contributed by atoms with E-state index in [1.807, 2.05) is 37.3 Å². The number of amides is 1. The van der Waals surface area contributed by atoms with Gasteiger partial charge in [0, 0.05) is 31.8 Å². The SMILES string of the molecule is COC1CC2=C(C=C1c1cnco1)C(=O)N(C)C(C)(C=Cc1ccco1)N2. The molecule has 27 heavy (non-hydrogen) atoms. The Kier molecular flexibility index (Phi) is 4.24. The third-order valence-corrected chi connectivity index (χ3v) is 5.11. The zero-order chi connectivity index (χ0) is 19.0. The van der Waals surface area contributed by atoms with Gasteiger partial charge in [-0.2, -0.15) is 0 Å². The molecule has 7 heteroatoms. The normalized spacial score (nSPS) is 25.6. The monoisotopic (exact) mass is 367 g/mol. The van der Waals surface area contributed by atoms with Gasteiger partial charge in [-0.15, -0.1) is 0 Å². The summed E-state index contributed by atoms with van der Waals surface area (Å²) in [5, 5.41) is 3.49. The van der Waals surface area contributed by atoms with E-state index in [4.69, 9.17) is 13.6 Å². The second-order valence-corrected chi connectivity index (χ2v) is 6.77. The van der Waals surface area contributed by atoms with Crippen LogP contribution in [0, 0.1) is 0 Å². The molecule has 0 bridgehead atoms. The van der Waals surface area contributed by atoms with Crippen LogP contribution in [0.5, 0.6) is 0 Å². The number of hydrogen-bond donors (Lipinski definition) is 1. The van der Waals surface area contributed by atoms with Gasteiger partial charge in [-0.1, -0.05) is 0 Å². The maximum atomic E-state index is 13.1. The molecule has 1 N–H and O–H groups in total. The van der Waals surface area contributed by atoms with E-state index in [1.165, 1.54) is 6.39 Å². The van der Waals surface area contributed by atoms with Crippen molar-refractivity contribution in [2.75, 3.05) is 14.2 Å². The average Bonchev–Trinajstić information content (AvgIpc) is 3.37. The first-order chi connectivity index (χ1) is 13.0. The van der Waals surface area contributed by atoms with Crippen molar-refractivity contribution in [3.63, 3.8) is 0 Å². The molecule has 3 heterocycles. The molecular formula is C20H21N3O4. The predicted octanol–water partition coefficient (Wildman–Crippen LogP) is 2.82. The lowest BCUT2D eigenvalue weighted by Crippen LogP contribution is -2.60. The van der Waals surface area contributed by atoms with Crippen molar-refractivity contribution in [2.45, 2.75) is 25.1 Å². The molecule has 0 fully saturated rings.